The lowest BCUT2D eigenvalue weighted by atomic mass is 10.1. The van der Waals surface area contributed by atoms with E-state index in [9.17, 15) is 35.9 Å². The number of nitriles is 1. The number of carbonyl (C=O) groups excluding carboxylic acids is 2. The van der Waals surface area contributed by atoms with Gasteiger partial charge in [0.1, 0.15) is 11.5 Å². The molecule has 0 saturated heterocycles. The molecule has 2 aromatic heterocycles. The molecular formula is C24H14F6N6O2. The second-order valence-electron chi connectivity index (χ2n) is 8.04. The van der Waals surface area contributed by atoms with Gasteiger partial charge in [-0.2, -0.15) is 23.5 Å². The molecule has 0 radical (unpaired) electrons. The predicted molar refractivity (Wildman–Crippen MR) is 120 cm³/mol. The molecule has 0 unspecified atom stereocenters. The number of hydrogen-bond acceptors (Lipinski definition) is 5. The summed E-state index contributed by atoms with van der Waals surface area (Å²) in [5.74, 6) is -5.86. The summed E-state index contributed by atoms with van der Waals surface area (Å²) in [6.07, 6.45) is -5.04. The van der Waals surface area contributed by atoms with Gasteiger partial charge >= 0.3 is 6.18 Å². The van der Waals surface area contributed by atoms with Crippen molar-refractivity contribution >= 4 is 28.4 Å². The second-order valence-corrected chi connectivity index (χ2v) is 8.04. The molecule has 4 rings (SSSR count). The maximum atomic E-state index is 14.3. The molecule has 4 aromatic rings. The summed E-state index contributed by atoms with van der Waals surface area (Å²) in [6, 6.07) is 7.23. The van der Waals surface area contributed by atoms with Crippen molar-refractivity contribution in [2.45, 2.75) is 19.6 Å². The average molecular weight is 532 g/mol. The molecule has 194 valence electrons. The summed E-state index contributed by atoms with van der Waals surface area (Å²) in [6.45, 7) is 0.730. The Hall–Kier alpha value is -4.93. The number of aromatic nitrogens is 3. The van der Waals surface area contributed by atoms with Crippen molar-refractivity contribution in [2.75, 3.05) is 5.32 Å². The number of amides is 2. The summed E-state index contributed by atoms with van der Waals surface area (Å²) in [5, 5.41) is 14.2. The molecule has 0 atom stereocenters. The number of carbonyl (C=O) groups is 2. The van der Waals surface area contributed by atoms with Gasteiger partial charge in [0, 0.05) is 17.0 Å². The van der Waals surface area contributed by atoms with Crippen molar-refractivity contribution in [2.24, 2.45) is 5.73 Å². The largest absolute Gasteiger partial charge is 0.437 e. The normalized spacial score (nSPS) is 11.4. The van der Waals surface area contributed by atoms with Crippen LogP contribution in [0.15, 0.2) is 36.4 Å². The average Bonchev–Trinajstić information content (AvgIpc) is 3.15. The molecule has 8 nitrogen and oxygen atoms in total. The van der Waals surface area contributed by atoms with E-state index in [0.29, 0.717) is 12.1 Å². The van der Waals surface area contributed by atoms with E-state index in [0.717, 1.165) is 16.8 Å². The van der Waals surface area contributed by atoms with Gasteiger partial charge in [-0.3, -0.25) is 14.3 Å². The maximum Gasteiger partial charge on any atom is 0.437 e. The summed E-state index contributed by atoms with van der Waals surface area (Å²) in [5.41, 5.74) is 1.36. The number of halogens is 6. The first-order valence-corrected chi connectivity index (χ1v) is 10.5. The highest BCUT2D eigenvalue weighted by Crippen LogP contribution is 2.36. The van der Waals surface area contributed by atoms with Gasteiger partial charge in [-0.05, 0) is 31.2 Å². The Balaban J connectivity index is 1.76. The van der Waals surface area contributed by atoms with Crippen molar-refractivity contribution in [3.05, 3.63) is 87.6 Å². The Labute approximate surface area is 209 Å². The zero-order chi connectivity index (χ0) is 27.9. The van der Waals surface area contributed by atoms with Crippen molar-refractivity contribution in [3.63, 3.8) is 0 Å². The summed E-state index contributed by atoms with van der Waals surface area (Å²) < 4.78 is 83.9. The number of rotatable bonds is 5. The van der Waals surface area contributed by atoms with E-state index in [1.807, 2.05) is 5.32 Å². The van der Waals surface area contributed by atoms with Crippen LogP contribution in [0.1, 0.15) is 43.4 Å². The molecule has 0 bridgehead atoms. The van der Waals surface area contributed by atoms with E-state index in [-0.39, 0.29) is 27.7 Å². The Morgan fingerprint density at radius 2 is 1.76 bits per heavy atom. The molecule has 2 amide bonds. The number of nitrogens with zero attached hydrogens (tertiary/aromatic N) is 4. The number of benzene rings is 2. The fraction of sp³-hybridized carbons (Fsp3) is 0.125. The van der Waals surface area contributed by atoms with E-state index in [1.54, 1.807) is 6.07 Å². The third kappa shape index (κ3) is 4.85. The number of nitrogens with two attached hydrogens (primary N) is 1. The van der Waals surface area contributed by atoms with E-state index >= 15 is 0 Å². The lowest BCUT2D eigenvalue weighted by Crippen LogP contribution is -2.20. The minimum Gasteiger partial charge on any atom is -0.366 e. The molecule has 0 aliphatic heterocycles. The molecule has 38 heavy (non-hydrogen) atoms. The molecule has 2 aromatic carbocycles. The van der Waals surface area contributed by atoms with Crippen LogP contribution in [0.3, 0.4) is 0 Å². The third-order valence-corrected chi connectivity index (χ3v) is 5.56. The Morgan fingerprint density at radius 3 is 2.37 bits per heavy atom. The Bertz CT molecular complexity index is 1670. The molecule has 0 aliphatic carbocycles. The van der Waals surface area contributed by atoms with Gasteiger partial charge in [0.25, 0.3) is 5.91 Å². The van der Waals surface area contributed by atoms with Crippen LogP contribution in [0.5, 0.6) is 0 Å². The highest BCUT2D eigenvalue weighted by Gasteiger charge is 2.39. The fourth-order valence-corrected chi connectivity index (χ4v) is 3.67. The number of alkyl halides is 3. The van der Waals surface area contributed by atoms with E-state index in [1.165, 1.54) is 19.1 Å². The number of pyridine rings is 1. The topological polar surface area (TPSA) is 127 Å². The molecule has 14 heteroatoms. The monoisotopic (exact) mass is 532 g/mol. The zero-order valence-corrected chi connectivity index (χ0v) is 19.1. The van der Waals surface area contributed by atoms with Gasteiger partial charge < -0.3 is 11.1 Å². The predicted octanol–water partition coefficient (Wildman–Crippen LogP) is 4.45. The first kappa shape index (κ1) is 26.1. The fourth-order valence-electron chi connectivity index (χ4n) is 3.67. The van der Waals surface area contributed by atoms with Gasteiger partial charge in [0.15, 0.2) is 17.3 Å². The van der Waals surface area contributed by atoms with Gasteiger partial charge in [0.2, 0.25) is 5.91 Å². The highest BCUT2D eigenvalue weighted by molar-refractivity contribution is 6.10. The number of fused-ring (bicyclic) bond motifs is 1. The summed E-state index contributed by atoms with van der Waals surface area (Å²) >= 11 is 0. The number of nitrogens with one attached hydrogen (secondary N) is 1. The molecule has 0 spiro atoms. The van der Waals surface area contributed by atoms with Crippen molar-refractivity contribution < 1.29 is 35.9 Å². The number of anilines is 1. The third-order valence-electron chi connectivity index (χ3n) is 5.56. The van der Waals surface area contributed by atoms with E-state index < -0.39 is 64.6 Å². The van der Waals surface area contributed by atoms with Gasteiger partial charge in [-0.25, -0.2) is 18.2 Å². The van der Waals surface area contributed by atoms with Gasteiger partial charge in [-0.15, -0.1) is 0 Å². The Morgan fingerprint density at radius 1 is 1.08 bits per heavy atom. The van der Waals surface area contributed by atoms with Crippen LogP contribution >= 0.6 is 0 Å². The van der Waals surface area contributed by atoms with E-state index in [2.05, 4.69) is 10.1 Å². The van der Waals surface area contributed by atoms with Crippen LogP contribution in [0, 0.1) is 35.7 Å². The minimum absolute atomic E-state index is 0.00760. The van der Waals surface area contributed by atoms with Crippen LogP contribution in [-0.2, 0) is 12.7 Å². The van der Waals surface area contributed by atoms with Crippen LogP contribution in [0.4, 0.5) is 32.0 Å². The molecule has 2 heterocycles. The Kier molecular flexibility index (Phi) is 6.54. The summed E-state index contributed by atoms with van der Waals surface area (Å²) in [4.78, 5) is 28.6. The van der Waals surface area contributed by atoms with Crippen molar-refractivity contribution in [1.29, 1.82) is 5.26 Å². The van der Waals surface area contributed by atoms with Crippen LogP contribution in [-0.4, -0.2) is 26.6 Å². The standard InChI is InChI=1S/C24H14F6N6O2/c1-10-20(21(24(28,29)30)35-36(10)9-12-3-2-11(8-31)4-15(12)25)34-23(38)19-6-14(22(32)37)13-5-16(26)17(27)7-18(13)33-19/h2-7H,9H2,1H3,(H2,32,37)(H,34,38). The zero-order valence-electron chi connectivity index (χ0n) is 19.1. The molecule has 3 N–H and O–H groups in total. The van der Waals surface area contributed by atoms with Crippen LogP contribution < -0.4 is 11.1 Å². The molecule has 0 saturated carbocycles. The second kappa shape index (κ2) is 9.51. The quantitative estimate of drug-likeness (QED) is 0.368. The van der Waals surface area contributed by atoms with Crippen LogP contribution in [0.2, 0.25) is 0 Å². The molecule has 0 fully saturated rings. The van der Waals surface area contributed by atoms with Crippen LogP contribution in [0.25, 0.3) is 10.9 Å². The van der Waals surface area contributed by atoms with Gasteiger partial charge in [-0.1, -0.05) is 6.07 Å². The number of primary amides is 1. The summed E-state index contributed by atoms with van der Waals surface area (Å²) in [7, 11) is 0. The smallest absolute Gasteiger partial charge is 0.366 e. The lowest BCUT2D eigenvalue weighted by molar-refractivity contribution is -0.140. The van der Waals surface area contributed by atoms with Crippen molar-refractivity contribution in [1.82, 2.24) is 14.8 Å². The first-order chi connectivity index (χ1) is 17.8. The van der Waals surface area contributed by atoms with Gasteiger partial charge in [0.05, 0.1) is 40.6 Å². The number of hydrogen-bond donors (Lipinski definition) is 2. The first-order valence-electron chi connectivity index (χ1n) is 10.5. The minimum atomic E-state index is -5.04. The SMILES string of the molecule is Cc1c(NC(=O)c2cc(C(N)=O)c3cc(F)c(F)cc3n2)c(C(F)(F)F)nn1Cc1ccc(C#N)cc1F. The van der Waals surface area contributed by atoms with E-state index in [4.69, 9.17) is 11.0 Å². The van der Waals surface area contributed by atoms with Crippen molar-refractivity contribution in [3.8, 4) is 6.07 Å². The maximum absolute atomic E-state index is 14.3. The molecule has 0 aliphatic rings. The highest BCUT2D eigenvalue weighted by atomic mass is 19.4. The lowest BCUT2D eigenvalue weighted by Gasteiger charge is -2.11. The molecular weight excluding hydrogens is 518 g/mol.